The third kappa shape index (κ3) is 4.26. The molecule has 7 heteroatoms. The smallest absolute Gasteiger partial charge is 0.238 e. The Balaban J connectivity index is 1.77. The van der Waals surface area contributed by atoms with Crippen LogP contribution in [0.4, 0.5) is 0 Å². The first-order chi connectivity index (χ1) is 9.39. The number of hydrogen-bond acceptors (Lipinski definition) is 5. The van der Waals surface area contributed by atoms with E-state index in [2.05, 4.69) is 10.6 Å². The highest BCUT2D eigenvalue weighted by Crippen LogP contribution is 2.12. The second kappa shape index (κ2) is 6.19. The standard InChI is InChI=1S/C13H21N3O3S/c14-20(18,19)12-3-1-11(2-4-12)5-7-15-9-13(17)6-8-16-10-13/h1-4,15-17H,5-10H2,(H2,14,18,19). The Labute approximate surface area is 119 Å². The van der Waals surface area contributed by atoms with Crippen molar-refractivity contribution < 1.29 is 13.5 Å². The van der Waals surface area contributed by atoms with Crippen LogP contribution in [0.2, 0.25) is 0 Å². The zero-order chi connectivity index (χ0) is 14.6. The number of nitrogens with two attached hydrogens (primary N) is 1. The van der Waals surface area contributed by atoms with Crippen LogP contribution in [-0.4, -0.2) is 45.3 Å². The third-order valence-electron chi connectivity index (χ3n) is 3.52. The molecule has 1 unspecified atom stereocenters. The van der Waals surface area contributed by atoms with E-state index in [1.165, 1.54) is 12.1 Å². The molecule has 0 aliphatic carbocycles. The van der Waals surface area contributed by atoms with Gasteiger partial charge in [-0.3, -0.25) is 0 Å². The molecule has 0 aromatic heterocycles. The van der Waals surface area contributed by atoms with Crippen molar-refractivity contribution in [3.63, 3.8) is 0 Å². The topological polar surface area (TPSA) is 104 Å². The summed E-state index contributed by atoms with van der Waals surface area (Å²) in [7, 11) is -3.62. The van der Waals surface area contributed by atoms with Gasteiger partial charge in [0.25, 0.3) is 0 Å². The first kappa shape index (κ1) is 15.4. The molecule has 0 spiro atoms. The molecule has 0 saturated carbocycles. The molecule has 1 aromatic rings. The molecule has 1 aromatic carbocycles. The van der Waals surface area contributed by atoms with Crippen molar-refractivity contribution in [3.05, 3.63) is 29.8 Å². The first-order valence-corrected chi connectivity index (χ1v) is 8.19. The molecule has 0 bridgehead atoms. The molecule has 5 N–H and O–H groups in total. The maximum absolute atomic E-state index is 11.1. The molecule has 20 heavy (non-hydrogen) atoms. The van der Waals surface area contributed by atoms with Gasteiger partial charge in [-0.2, -0.15) is 0 Å². The maximum Gasteiger partial charge on any atom is 0.238 e. The van der Waals surface area contributed by atoms with E-state index in [0.29, 0.717) is 13.1 Å². The summed E-state index contributed by atoms with van der Waals surface area (Å²) in [4.78, 5) is 0.126. The number of sulfonamides is 1. The van der Waals surface area contributed by atoms with Crippen LogP contribution in [0.1, 0.15) is 12.0 Å². The highest BCUT2D eigenvalue weighted by molar-refractivity contribution is 7.89. The summed E-state index contributed by atoms with van der Waals surface area (Å²) >= 11 is 0. The molecular formula is C13H21N3O3S. The summed E-state index contributed by atoms with van der Waals surface area (Å²) < 4.78 is 22.2. The van der Waals surface area contributed by atoms with Gasteiger partial charge in [-0.15, -0.1) is 0 Å². The van der Waals surface area contributed by atoms with E-state index >= 15 is 0 Å². The van der Waals surface area contributed by atoms with Crippen LogP contribution in [0.15, 0.2) is 29.2 Å². The molecule has 0 radical (unpaired) electrons. The van der Waals surface area contributed by atoms with Crippen molar-refractivity contribution in [2.45, 2.75) is 23.3 Å². The van der Waals surface area contributed by atoms with Crippen LogP contribution in [-0.2, 0) is 16.4 Å². The predicted molar refractivity (Wildman–Crippen MR) is 76.8 cm³/mol. The van der Waals surface area contributed by atoms with Gasteiger partial charge in [-0.1, -0.05) is 12.1 Å². The lowest BCUT2D eigenvalue weighted by Gasteiger charge is -2.21. The zero-order valence-electron chi connectivity index (χ0n) is 11.3. The van der Waals surface area contributed by atoms with Gasteiger partial charge >= 0.3 is 0 Å². The Morgan fingerprint density at radius 2 is 2.05 bits per heavy atom. The fraction of sp³-hybridized carbons (Fsp3) is 0.538. The van der Waals surface area contributed by atoms with Crippen molar-refractivity contribution in [1.82, 2.24) is 10.6 Å². The van der Waals surface area contributed by atoms with E-state index in [4.69, 9.17) is 5.14 Å². The monoisotopic (exact) mass is 299 g/mol. The minimum atomic E-state index is -3.62. The van der Waals surface area contributed by atoms with Gasteiger partial charge < -0.3 is 15.7 Å². The summed E-state index contributed by atoms with van der Waals surface area (Å²) in [6.45, 7) is 2.78. The lowest BCUT2D eigenvalue weighted by atomic mass is 10.0. The molecule has 1 fully saturated rings. The highest BCUT2D eigenvalue weighted by atomic mass is 32.2. The van der Waals surface area contributed by atoms with E-state index in [-0.39, 0.29) is 4.90 Å². The summed E-state index contributed by atoms with van der Waals surface area (Å²) in [6, 6.07) is 6.54. The van der Waals surface area contributed by atoms with Gasteiger partial charge in [0.15, 0.2) is 0 Å². The molecule has 6 nitrogen and oxygen atoms in total. The SMILES string of the molecule is NS(=O)(=O)c1ccc(CCNCC2(O)CCNC2)cc1. The Kier molecular flexibility index (Phi) is 4.77. The van der Waals surface area contributed by atoms with Crippen LogP contribution >= 0.6 is 0 Å². The summed E-state index contributed by atoms with van der Waals surface area (Å²) in [6.07, 6.45) is 1.54. The summed E-state index contributed by atoms with van der Waals surface area (Å²) in [5.41, 5.74) is 0.388. The first-order valence-electron chi connectivity index (χ1n) is 6.65. The molecule has 0 amide bonds. The predicted octanol–water partition coefficient (Wildman–Crippen LogP) is -0.809. The van der Waals surface area contributed by atoms with Crippen LogP contribution < -0.4 is 15.8 Å². The highest BCUT2D eigenvalue weighted by Gasteiger charge is 2.30. The number of nitrogens with one attached hydrogen (secondary N) is 2. The second-order valence-electron chi connectivity index (χ2n) is 5.27. The molecule has 1 aliphatic rings. The largest absolute Gasteiger partial charge is 0.387 e. The lowest BCUT2D eigenvalue weighted by Crippen LogP contribution is -2.42. The fourth-order valence-electron chi connectivity index (χ4n) is 2.28. The summed E-state index contributed by atoms with van der Waals surface area (Å²) in [5.74, 6) is 0. The van der Waals surface area contributed by atoms with Gasteiger partial charge in [-0.05, 0) is 43.6 Å². The second-order valence-corrected chi connectivity index (χ2v) is 6.83. The molecule has 1 heterocycles. The van der Waals surface area contributed by atoms with Crippen molar-refractivity contribution in [2.24, 2.45) is 5.14 Å². The van der Waals surface area contributed by atoms with Crippen molar-refractivity contribution in [3.8, 4) is 0 Å². The molecule has 1 atom stereocenters. The van der Waals surface area contributed by atoms with E-state index in [1.54, 1.807) is 12.1 Å². The van der Waals surface area contributed by atoms with Crippen molar-refractivity contribution in [2.75, 3.05) is 26.2 Å². The molecule has 1 aliphatic heterocycles. The Morgan fingerprint density at radius 1 is 1.35 bits per heavy atom. The average Bonchev–Trinajstić information content (AvgIpc) is 2.82. The van der Waals surface area contributed by atoms with Gasteiger partial charge in [-0.25, -0.2) is 13.6 Å². The fourth-order valence-corrected chi connectivity index (χ4v) is 2.80. The minimum absolute atomic E-state index is 0.126. The molecule has 2 rings (SSSR count). The quantitative estimate of drug-likeness (QED) is 0.514. The Morgan fingerprint density at radius 3 is 2.60 bits per heavy atom. The molecule has 1 saturated heterocycles. The number of primary sulfonamides is 1. The number of hydrogen-bond donors (Lipinski definition) is 4. The van der Waals surface area contributed by atoms with E-state index < -0.39 is 15.6 Å². The Bertz CT molecular complexity index is 536. The number of benzene rings is 1. The van der Waals surface area contributed by atoms with Crippen LogP contribution in [0.3, 0.4) is 0 Å². The normalized spacial score (nSPS) is 23.1. The van der Waals surface area contributed by atoms with E-state index in [9.17, 15) is 13.5 Å². The molecular weight excluding hydrogens is 278 g/mol. The zero-order valence-corrected chi connectivity index (χ0v) is 12.1. The average molecular weight is 299 g/mol. The van der Waals surface area contributed by atoms with Gasteiger partial charge in [0.05, 0.1) is 10.5 Å². The summed E-state index contributed by atoms with van der Waals surface area (Å²) in [5, 5.41) is 21.5. The van der Waals surface area contributed by atoms with Gasteiger partial charge in [0, 0.05) is 13.1 Å². The van der Waals surface area contributed by atoms with Gasteiger partial charge in [0.1, 0.15) is 0 Å². The lowest BCUT2D eigenvalue weighted by molar-refractivity contribution is 0.0615. The van der Waals surface area contributed by atoms with Crippen LogP contribution in [0, 0.1) is 0 Å². The number of aliphatic hydroxyl groups is 1. The van der Waals surface area contributed by atoms with Crippen molar-refractivity contribution in [1.29, 1.82) is 0 Å². The van der Waals surface area contributed by atoms with E-state index in [0.717, 1.165) is 31.5 Å². The minimum Gasteiger partial charge on any atom is -0.387 e. The van der Waals surface area contributed by atoms with Crippen LogP contribution in [0.25, 0.3) is 0 Å². The van der Waals surface area contributed by atoms with Crippen LogP contribution in [0.5, 0.6) is 0 Å². The number of β-amino-alcohol motifs (C(OH)–C–C–N with tert-alkyl or cyclic N) is 1. The Hall–Kier alpha value is -0.990. The maximum atomic E-state index is 11.1. The third-order valence-corrected chi connectivity index (χ3v) is 4.45. The number of rotatable bonds is 6. The van der Waals surface area contributed by atoms with Gasteiger partial charge in [0.2, 0.25) is 10.0 Å². The van der Waals surface area contributed by atoms with Crippen molar-refractivity contribution >= 4 is 10.0 Å². The molecule has 112 valence electrons. The van der Waals surface area contributed by atoms with E-state index in [1.807, 2.05) is 0 Å².